The average molecular weight is 314 g/mol. The van der Waals surface area contributed by atoms with Gasteiger partial charge in [0, 0.05) is 0 Å². The number of benzene rings is 2. The molecule has 0 aromatic heterocycles. The molecule has 0 aliphatic heterocycles. The number of ether oxygens (including phenoxy) is 3. The minimum Gasteiger partial charge on any atom is -0.493 e. The first kappa shape index (κ1) is 16.5. The van der Waals surface area contributed by atoms with Gasteiger partial charge in [0.2, 0.25) is 0 Å². The van der Waals surface area contributed by atoms with Gasteiger partial charge in [0.05, 0.1) is 19.3 Å². The number of rotatable bonds is 7. The van der Waals surface area contributed by atoms with Gasteiger partial charge in [-0.1, -0.05) is 36.4 Å². The van der Waals surface area contributed by atoms with Crippen LogP contribution >= 0.6 is 0 Å². The van der Waals surface area contributed by atoms with Crippen LogP contribution < -0.4 is 9.47 Å². The molecule has 0 amide bonds. The molecule has 0 spiro atoms. The standard InChI is InChI=1S/C18H18O5/c1-3-22-18(20)16(19)14-10-7-11-15(21-2)17(14)23-12-13-8-5-4-6-9-13/h4-11H,3,12H2,1-2H3. The lowest BCUT2D eigenvalue weighted by Crippen LogP contribution is -2.18. The SMILES string of the molecule is CCOC(=O)C(=O)c1cccc(OC)c1OCc1ccccc1. The topological polar surface area (TPSA) is 61.8 Å². The molecule has 0 fully saturated rings. The Morgan fingerprint density at radius 1 is 1.00 bits per heavy atom. The van der Waals surface area contributed by atoms with Crippen molar-refractivity contribution in [1.29, 1.82) is 0 Å². The van der Waals surface area contributed by atoms with Crippen molar-refractivity contribution in [1.82, 2.24) is 0 Å². The Morgan fingerprint density at radius 3 is 2.39 bits per heavy atom. The molecule has 0 saturated carbocycles. The highest BCUT2D eigenvalue weighted by atomic mass is 16.5. The predicted molar refractivity (Wildman–Crippen MR) is 84.7 cm³/mol. The summed E-state index contributed by atoms with van der Waals surface area (Å²) in [6.45, 7) is 2.03. The van der Waals surface area contributed by atoms with Gasteiger partial charge in [0.1, 0.15) is 6.61 Å². The quantitative estimate of drug-likeness (QED) is 0.446. The van der Waals surface area contributed by atoms with E-state index in [-0.39, 0.29) is 24.5 Å². The molecule has 0 N–H and O–H groups in total. The van der Waals surface area contributed by atoms with Crippen molar-refractivity contribution in [3.05, 3.63) is 59.7 Å². The van der Waals surface area contributed by atoms with E-state index in [4.69, 9.17) is 14.2 Å². The van der Waals surface area contributed by atoms with Crippen LogP contribution in [0.3, 0.4) is 0 Å². The molecular weight excluding hydrogens is 296 g/mol. The van der Waals surface area contributed by atoms with Crippen molar-refractivity contribution in [3.8, 4) is 11.5 Å². The van der Waals surface area contributed by atoms with Crippen LogP contribution in [-0.4, -0.2) is 25.5 Å². The summed E-state index contributed by atoms with van der Waals surface area (Å²) in [4.78, 5) is 23.9. The van der Waals surface area contributed by atoms with Gasteiger partial charge < -0.3 is 14.2 Å². The number of Topliss-reactive ketones (excluding diaryl/α,β-unsaturated/α-hetero) is 1. The first-order valence-corrected chi connectivity index (χ1v) is 7.22. The van der Waals surface area contributed by atoms with Gasteiger partial charge in [-0.15, -0.1) is 0 Å². The maximum atomic E-state index is 12.2. The van der Waals surface area contributed by atoms with Gasteiger partial charge in [0.25, 0.3) is 5.78 Å². The summed E-state index contributed by atoms with van der Waals surface area (Å²) < 4.78 is 15.7. The van der Waals surface area contributed by atoms with Gasteiger partial charge in [-0.25, -0.2) is 4.79 Å². The van der Waals surface area contributed by atoms with Gasteiger partial charge in [-0.2, -0.15) is 0 Å². The highest BCUT2D eigenvalue weighted by Gasteiger charge is 2.24. The molecule has 0 unspecified atom stereocenters. The van der Waals surface area contributed by atoms with Gasteiger partial charge >= 0.3 is 5.97 Å². The number of esters is 1. The Kier molecular flexibility index (Phi) is 5.74. The van der Waals surface area contributed by atoms with Crippen molar-refractivity contribution >= 4 is 11.8 Å². The summed E-state index contributed by atoms with van der Waals surface area (Å²) in [5.74, 6) is -1.05. The lowest BCUT2D eigenvalue weighted by Gasteiger charge is -2.14. The summed E-state index contributed by atoms with van der Waals surface area (Å²) in [5, 5.41) is 0. The smallest absolute Gasteiger partial charge is 0.379 e. The third kappa shape index (κ3) is 4.10. The fourth-order valence-electron chi connectivity index (χ4n) is 2.04. The Labute approximate surface area is 134 Å². The zero-order valence-electron chi connectivity index (χ0n) is 13.1. The van der Waals surface area contributed by atoms with E-state index in [1.807, 2.05) is 30.3 Å². The molecule has 2 rings (SSSR count). The summed E-state index contributed by atoms with van der Waals surface area (Å²) in [6, 6.07) is 14.3. The Balaban J connectivity index is 2.28. The predicted octanol–water partition coefficient (Wildman–Crippen LogP) is 3.02. The number of carbonyl (C=O) groups is 2. The number of carbonyl (C=O) groups excluding carboxylic acids is 2. The molecular formula is C18H18O5. The molecule has 0 atom stereocenters. The molecule has 23 heavy (non-hydrogen) atoms. The van der Waals surface area contributed by atoms with E-state index in [0.29, 0.717) is 5.75 Å². The molecule has 2 aromatic carbocycles. The van der Waals surface area contributed by atoms with E-state index in [1.165, 1.54) is 13.2 Å². The fourth-order valence-corrected chi connectivity index (χ4v) is 2.04. The van der Waals surface area contributed by atoms with Crippen molar-refractivity contribution < 1.29 is 23.8 Å². The van der Waals surface area contributed by atoms with Crippen molar-refractivity contribution in [2.45, 2.75) is 13.5 Å². The third-order valence-electron chi connectivity index (χ3n) is 3.13. The Hall–Kier alpha value is -2.82. The first-order chi connectivity index (χ1) is 11.2. The van der Waals surface area contributed by atoms with Crippen LogP contribution in [0.1, 0.15) is 22.8 Å². The van der Waals surface area contributed by atoms with E-state index in [0.717, 1.165) is 5.56 Å². The van der Waals surface area contributed by atoms with Crippen molar-refractivity contribution in [2.24, 2.45) is 0 Å². The van der Waals surface area contributed by atoms with Crippen molar-refractivity contribution in [3.63, 3.8) is 0 Å². The van der Waals surface area contributed by atoms with E-state index in [1.54, 1.807) is 19.1 Å². The lowest BCUT2D eigenvalue weighted by molar-refractivity contribution is -0.137. The first-order valence-electron chi connectivity index (χ1n) is 7.22. The number of hydrogen-bond acceptors (Lipinski definition) is 5. The van der Waals surface area contributed by atoms with Crippen LogP contribution in [0.25, 0.3) is 0 Å². The number of para-hydroxylation sites is 1. The molecule has 0 heterocycles. The number of hydrogen-bond donors (Lipinski definition) is 0. The van der Waals surface area contributed by atoms with E-state index < -0.39 is 11.8 Å². The van der Waals surface area contributed by atoms with Crippen molar-refractivity contribution in [2.75, 3.05) is 13.7 Å². The van der Waals surface area contributed by atoms with Gasteiger partial charge in [0.15, 0.2) is 11.5 Å². The normalized spacial score (nSPS) is 10.0. The molecule has 0 saturated heterocycles. The summed E-state index contributed by atoms with van der Waals surface area (Å²) in [7, 11) is 1.48. The summed E-state index contributed by atoms with van der Waals surface area (Å²) in [5.41, 5.74) is 1.06. The zero-order valence-corrected chi connectivity index (χ0v) is 13.1. The second kappa shape index (κ2) is 7.98. The zero-order chi connectivity index (χ0) is 16.7. The summed E-state index contributed by atoms with van der Waals surface area (Å²) in [6.07, 6.45) is 0. The molecule has 2 aromatic rings. The Morgan fingerprint density at radius 2 is 1.74 bits per heavy atom. The van der Waals surface area contributed by atoms with Gasteiger partial charge in [-0.3, -0.25) is 4.79 Å². The molecule has 120 valence electrons. The minimum atomic E-state index is -0.912. The fraction of sp³-hybridized carbons (Fsp3) is 0.222. The molecule has 0 radical (unpaired) electrons. The van der Waals surface area contributed by atoms with Crippen LogP contribution in [0.4, 0.5) is 0 Å². The second-order valence-corrected chi connectivity index (χ2v) is 4.66. The third-order valence-corrected chi connectivity index (χ3v) is 3.13. The molecule has 5 nitrogen and oxygen atoms in total. The maximum absolute atomic E-state index is 12.2. The monoisotopic (exact) mass is 314 g/mol. The van der Waals surface area contributed by atoms with Crippen LogP contribution in [0.15, 0.2) is 48.5 Å². The van der Waals surface area contributed by atoms with Gasteiger partial charge in [-0.05, 0) is 24.6 Å². The van der Waals surface area contributed by atoms with Crippen LogP contribution in [0.5, 0.6) is 11.5 Å². The van der Waals surface area contributed by atoms with E-state index in [9.17, 15) is 9.59 Å². The van der Waals surface area contributed by atoms with Crippen LogP contribution in [0, 0.1) is 0 Å². The maximum Gasteiger partial charge on any atom is 0.379 e. The largest absolute Gasteiger partial charge is 0.493 e. The Bertz CT molecular complexity index is 679. The van der Waals surface area contributed by atoms with E-state index >= 15 is 0 Å². The molecule has 0 aliphatic rings. The minimum absolute atomic E-state index is 0.124. The lowest BCUT2D eigenvalue weighted by atomic mass is 10.1. The number of methoxy groups -OCH3 is 1. The summed E-state index contributed by atoms with van der Waals surface area (Å²) >= 11 is 0. The average Bonchev–Trinajstić information content (AvgIpc) is 2.60. The second-order valence-electron chi connectivity index (χ2n) is 4.66. The van der Waals surface area contributed by atoms with Crippen LogP contribution in [0.2, 0.25) is 0 Å². The van der Waals surface area contributed by atoms with Crippen LogP contribution in [-0.2, 0) is 16.1 Å². The highest BCUT2D eigenvalue weighted by molar-refractivity contribution is 6.41. The molecule has 0 bridgehead atoms. The molecule has 5 heteroatoms. The highest BCUT2D eigenvalue weighted by Crippen LogP contribution is 2.32. The number of ketones is 1. The van der Waals surface area contributed by atoms with E-state index in [2.05, 4.69) is 0 Å². The molecule has 0 aliphatic carbocycles.